The molecule has 20 heteroatoms. The first kappa shape index (κ1) is 59.3. The van der Waals surface area contributed by atoms with E-state index in [-0.39, 0.29) is 40.9 Å². The zero-order valence-corrected chi connectivity index (χ0v) is 44.1. The lowest BCUT2D eigenvalue weighted by Gasteiger charge is -2.50. The van der Waals surface area contributed by atoms with E-state index in [1.165, 1.54) is 116 Å². The van der Waals surface area contributed by atoms with E-state index >= 15 is 0 Å². The number of rotatable bonds is 26. The fourth-order valence-electron chi connectivity index (χ4n) is 6.22. The van der Waals surface area contributed by atoms with Crippen LogP contribution in [0.1, 0.15) is 90.0 Å². The predicted octanol–water partition coefficient (Wildman–Crippen LogP) is 7.41. The maximum absolute atomic E-state index is 14.8. The van der Waals surface area contributed by atoms with Gasteiger partial charge in [0.1, 0.15) is 41.4 Å². The second kappa shape index (κ2) is 23.7. The van der Waals surface area contributed by atoms with E-state index in [0.717, 1.165) is 32.0 Å². The van der Waals surface area contributed by atoms with Gasteiger partial charge in [-0.05, 0) is 123 Å². The largest absolute Gasteiger partial charge is 0.481 e. The zero-order valence-electron chi connectivity index (χ0n) is 40.8. The Morgan fingerprint density at radius 2 is 1.01 bits per heavy atom. The van der Waals surface area contributed by atoms with E-state index in [2.05, 4.69) is 23.7 Å². The molecular formula is C48H64N2O14S4. The van der Waals surface area contributed by atoms with Crippen LogP contribution in [-0.2, 0) is 44.0 Å². The lowest BCUT2D eigenvalue weighted by molar-refractivity contribution is -0.149. The van der Waals surface area contributed by atoms with Gasteiger partial charge in [-0.25, -0.2) is 21.6 Å². The van der Waals surface area contributed by atoms with Gasteiger partial charge in [0.15, 0.2) is 6.29 Å². The number of carboxylic acid groups (broad SMARTS) is 3. The lowest BCUT2D eigenvalue weighted by Crippen LogP contribution is -2.66. The minimum absolute atomic E-state index is 0.0239. The molecule has 0 aromatic heterocycles. The van der Waals surface area contributed by atoms with Crippen molar-refractivity contribution in [3.63, 3.8) is 0 Å². The highest BCUT2D eigenvalue weighted by Gasteiger charge is 2.60. The van der Waals surface area contributed by atoms with Gasteiger partial charge >= 0.3 is 17.9 Å². The maximum Gasteiger partial charge on any atom is 0.331 e. The van der Waals surface area contributed by atoms with Gasteiger partial charge in [0.25, 0.3) is 0 Å². The quantitative estimate of drug-likeness (QED) is 0.0274. The van der Waals surface area contributed by atoms with Gasteiger partial charge in [0.2, 0.25) is 20.0 Å². The number of sulfonamides is 2. The molecule has 0 fully saturated rings. The standard InChI is InChI=1S/C48H64N2O14S4/c1-14-16-31-62-35-20-24-37(25-21-35)67(58,59)49(29-18-19-33-64-44(6,7)34-51)47(12,41(54)55)45(8,9)65-66-46(10,11)48(13,42(56)57)50(30-28-39(40(52)53)43(3,4)5)68(60,61)38-26-22-36(23-27-38)63-32-17-15-2/h18-28,34H,29-33H2,1-13H3,(H,52,53)(H,54,55)(H,56,57)/t47-,48-/m0/s1. The number of aliphatic carboxylic acids is 3. The second-order valence-corrected chi connectivity index (χ2v) is 25.2. The van der Waals surface area contributed by atoms with Crippen LogP contribution in [-0.4, -0.2) is 124 Å². The molecule has 0 heterocycles. The van der Waals surface area contributed by atoms with Crippen molar-refractivity contribution in [3.8, 4) is 35.2 Å². The average Bonchev–Trinajstić information content (AvgIpc) is 3.24. The molecule has 0 spiro atoms. The normalized spacial score (nSPS) is 14.8. The molecule has 2 rings (SSSR count). The molecule has 0 aliphatic rings. The molecule has 0 amide bonds. The molecule has 0 unspecified atom stereocenters. The number of carbonyl (C=O) groups is 4. The molecule has 374 valence electrons. The SMILES string of the molecule is CC#CCOc1ccc(S(=O)(=O)N(CC=CCOC(C)(C)C=O)[C@@](C)(C(=O)O)C(C)(C)SSC(C)(C)[C@](C)(C(=O)O)N(CC=C(C(=O)O)C(C)(C)C)S(=O)(=O)c2ccc(OCC#CC)cc2)cc1. The molecule has 0 radical (unpaired) electrons. The van der Waals surface area contributed by atoms with Crippen LogP contribution in [0.15, 0.2) is 82.1 Å². The van der Waals surface area contributed by atoms with Crippen molar-refractivity contribution in [1.82, 2.24) is 8.61 Å². The third-order valence-electron chi connectivity index (χ3n) is 11.2. The minimum Gasteiger partial charge on any atom is -0.481 e. The Bertz CT molecular complexity index is 2540. The molecule has 3 N–H and O–H groups in total. The minimum atomic E-state index is -4.82. The highest BCUT2D eigenvalue weighted by molar-refractivity contribution is 8.77. The number of nitrogens with zero attached hydrogens (tertiary/aromatic N) is 2. The first-order chi connectivity index (χ1) is 31.2. The van der Waals surface area contributed by atoms with Gasteiger partial charge in [-0.1, -0.05) is 72.4 Å². The first-order valence-electron chi connectivity index (χ1n) is 21.1. The van der Waals surface area contributed by atoms with Gasteiger partial charge in [-0.3, -0.25) is 9.59 Å². The highest BCUT2D eigenvalue weighted by Crippen LogP contribution is 2.55. The molecule has 2 aromatic carbocycles. The number of carboxylic acids is 3. The summed E-state index contributed by atoms with van der Waals surface area (Å²) in [7, 11) is -7.88. The summed E-state index contributed by atoms with van der Waals surface area (Å²) in [6, 6.07) is 10.5. The number of aldehydes is 1. The summed E-state index contributed by atoms with van der Waals surface area (Å²) >= 11 is 0. The number of hydrogen-bond donors (Lipinski definition) is 3. The van der Waals surface area contributed by atoms with Crippen LogP contribution in [0.2, 0.25) is 0 Å². The van der Waals surface area contributed by atoms with Crippen molar-refractivity contribution < 1.29 is 65.5 Å². The van der Waals surface area contributed by atoms with Crippen LogP contribution in [0, 0.1) is 29.1 Å². The Balaban J connectivity index is 2.86. The second-order valence-electron chi connectivity index (χ2n) is 18.1. The van der Waals surface area contributed by atoms with Gasteiger partial charge in [-0.15, -0.1) is 11.8 Å². The summed E-state index contributed by atoms with van der Waals surface area (Å²) in [4.78, 5) is 50.9. The van der Waals surface area contributed by atoms with E-state index < -0.39 is 82.6 Å². The molecule has 0 aliphatic heterocycles. The van der Waals surface area contributed by atoms with Crippen molar-refractivity contribution in [3.05, 3.63) is 72.3 Å². The first-order valence-corrected chi connectivity index (χ1v) is 26.1. The van der Waals surface area contributed by atoms with Gasteiger partial charge in [0, 0.05) is 18.7 Å². The summed E-state index contributed by atoms with van der Waals surface area (Å²) < 4.78 is 73.9. The maximum atomic E-state index is 14.8. The van der Waals surface area contributed by atoms with Crippen LogP contribution in [0.25, 0.3) is 0 Å². The number of ether oxygens (including phenoxy) is 3. The van der Waals surface area contributed by atoms with E-state index in [9.17, 15) is 51.3 Å². The Morgan fingerprint density at radius 3 is 1.34 bits per heavy atom. The van der Waals surface area contributed by atoms with Gasteiger partial charge < -0.3 is 34.3 Å². The van der Waals surface area contributed by atoms with E-state index in [4.69, 9.17) is 14.2 Å². The molecule has 68 heavy (non-hydrogen) atoms. The number of benzene rings is 2. The van der Waals surface area contributed by atoms with E-state index in [1.807, 2.05) is 0 Å². The van der Waals surface area contributed by atoms with Crippen LogP contribution >= 0.6 is 21.6 Å². The fraction of sp³-hybridized carbons (Fsp3) is 0.500. The van der Waals surface area contributed by atoms with Crippen molar-refractivity contribution in [2.45, 2.75) is 126 Å². The zero-order chi connectivity index (χ0) is 52.2. The van der Waals surface area contributed by atoms with Gasteiger partial charge in [-0.2, -0.15) is 8.61 Å². The molecule has 16 nitrogen and oxygen atoms in total. The van der Waals surface area contributed by atoms with Crippen LogP contribution < -0.4 is 9.47 Å². The molecule has 0 saturated heterocycles. The van der Waals surface area contributed by atoms with E-state index in [0.29, 0.717) is 16.3 Å². The fourth-order valence-corrected chi connectivity index (χ4v) is 13.3. The Kier molecular flexibility index (Phi) is 20.7. The summed E-state index contributed by atoms with van der Waals surface area (Å²) in [5.41, 5.74) is -7.13. The third-order valence-corrected chi connectivity index (χ3v) is 19.6. The molecule has 0 bridgehead atoms. The molecular weight excluding hydrogens is 957 g/mol. The van der Waals surface area contributed by atoms with Crippen LogP contribution in [0.4, 0.5) is 0 Å². The highest BCUT2D eigenvalue weighted by atomic mass is 33.1. The Labute approximate surface area is 409 Å². The van der Waals surface area contributed by atoms with Crippen molar-refractivity contribution in [2.24, 2.45) is 5.41 Å². The predicted molar refractivity (Wildman–Crippen MR) is 264 cm³/mol. The summed E-state index contributed by atoms with van der Waals surface area (Å²) in [5.74, 6) is 6.89. The van der Waals surface area contributed by atoms with Crippen molar-refractivity contribution in [1.29, 1.82) is 0 Å². The van der Waals surface area contributed by atoms with Gasteiger partial charge in [0.05, 0.1) is 25.9 Å². The van der Waals surface area contributed by atoms with E-state index in [1.54, 1.807) is 34.6 Å². The van der Waals surface area contributed by atoms with Crippen molar-refractivity contribution in [2.75, 3.05) is 32.9 Å². The molecule has 2 aromatic rings. The summed E-state index contributed by atoms with van der Waals surface area (Å²) in [5, 5.41) is 32.5. The molecule has 2 atom stereocenters. The Hall–Kier alpha value is -4.80. The molecule has 0 saturated carbocycles. The average molecular weight is 1020 g/mol. The smallest absolute Gasteiger partial charge is 0.331 e. The number of hydrogen-bond acceptors (Lipinski definition) is 13. The van der Waals surface area contributed by atoms with Crippen molar-refractivity contribution >= 4 is 65.8 Å². The Morgan fingerprint density at radius 1 is 0.632 bits per heavy atom. The van der Waals surface area contributed by atoms with Crippen LogP contribution in [0.5, 0.6) is 11.5 Å². The topological polar surface area (TPSA) is 231 Å². The summed E-state index contributed by atoms with van der Waals surface area (Å²) in [6.07, 6.45) is 4.58. The monoisotopic (exact) mass is 1020 g/mol. The lowest BCUT2D eigenvalue weighted by atomic mass is 9.85. The number of carbonyl (C=O) groups excluding carboxylic acids is 1. The summed E-state index contributed by atoms with van der Waals surface area (Å²) in [6.45, 7) is 18.1. The van der Waals surface area contributed by atoms with Crippen LogP contribution in [0.3, 0.4) is 0 Å². The molecule has 0 aliphatic carbocycles. The third kappa shape index (κ3) is 14.1.